The van der Waals surface area contributed by atoms with Crippen LogP contribution in [0.25, 0.3) is 0 Å². The number of benzene rings is 1. The van der Waals surface area contributed by atoms with Crippen LogP contribution >= 0.6 is 23.4 Å². The standard InChI is InChI=1S/C11H6ClFN2OS/c12-7-2-1-3-8(13)10(7)15-11-6(4-14)9(16)5-17-11/h1-3,15H,5H2. The predicted octanol–water partition coefficient (Wildman–Crippen LogP) is 2.94. The molecule has 0 amide bonds. The number of rotatable bonds is 2. The van der Waals surface area contributed by atoms with E-state index in [1.165, 1.54) is 30.0 Å². The van der Waals surface area contributed by atoms with E-state index in [0.717, 1.165) is 0 Å². The fourth-order valence-electron chi connectivity index (χ4n) is 1.35. The number of carbonyl (C=O) groups is 1. The van der Waals surface area contributed by atoms with E-state index in [1.54, 1.807) is 6.07 Å². The maximum atomic E-state index is 13.5. The molecule has 0 atom stereocenters. The van der Waals surface area contributed by atoms with Crippen molar-refractivity contribution < 1.29 is 9.18 Å². The molecule has 1 N–H and O–H groups in total. The summed E-state index contributed by atoms with van der Waals surface area (Å²) in [6, 6.07) is 6.07. The summed E-state index contributed by atoms with van der Waals surface area (Å²) in [5.41, 5.74) is 0.105. The second kappa shape index (κ2) is 4.78. The summed E-state index contributed by atoms with van der Waals surface area (Å²) in [6.07, 6.45) is 0. The number of para-hydroxylation sites is 1. The lowest BCUT2D eigenvalue weighted by Crippen LogP contribution is -2.02. The largest absolute Gasteiger partial charge is 0.345 e. The number of nitriles is 1. The van der Waals surface area contributed by atoms with E-state index < -0.39 is 5.82 Å². The lowest BCUT2D eigenvalue weighted by atomic mass is 10.2. The van der Waals surface area contributed by atoms with Crippen LogP contribution in [0.15, 0.2) is 28.8 Å². The van der Waals surface area contributed by atoms with E-state index in [-0.39, 0.29) is 27.8 Å². The molecule has 0 aliphatic carbocycles. The Labute approximate surface area is 106 Å². The Morgan fingerprint density at radius 2 is 2.29 bits per heavy atom. The van der Waals surface area contributed by atoms with Crippen molar-refractivity contribution in [2.75, 3.05) is 11.1 Å². The van der Waals surface area contributed by atoms with Gasteiger partial charge in [0.1, 0.15) is 17.5 Å². The Hall–Kier alpha value is -1.51. The molecular weight excluding hydrogens is 263 g/mol. The van der Waals surface area contributed by atoms with Gasteiger partial charge in [0.05, 0.1) is 21.5 Å². The minimum absolute atomic E-state index is 0.0225. The number of anilines is 1. The molecule has 2 rings (SSSR count). The normalized spacial score (nSPS) is 15.0. The quantitative estimate of drug-likeness (QED) is 0.896. The molecule has 0 spiro atoms. The molecule has 1 aromatic carbocycles. The minimum Gasteiger partial charge on any atom is -0.345 e. The molecule has 1 aliphatic heterocycles. The number of ketones is 1. The first kappa shape index (κ1) is 12.0. The second-order valence-corrected chi connectivity index (χ2v) is 4.64. The van der Waals surface area contributed by atoms with E-state index in [1.807, 2.05) is 0 Å². The van der Waals surface area contributed by atoms with Gasteiger partial charge in [0.15, 0.2) is 5.78 Å². The predicted molar refractivity (Wildman–Crippen MR) is 65.1 cm³/mol. The van der Waals surface area contributed by atoms with E-state index in [4.69, 9.17) is 16.9 Å². The number of nitrogens with one attached hydrogen (secondary N) is 1. The molecule has 0 aromatic heterocycles. The number of nitrogens with zero attached hydrogens (tertiary/aromatic N) is 1. The number of allylic oxidation sites excluding steroid dienone is 1. The second-order valence-electron chi connectivity index (χ2n) is 3.25. The molecule has 0 fully saturated rings. The highest BCUT2D eigenvalue weighted by Gasteiger charge is 2.25. The average molecular weight is 269 g/mol. The lowest BCUT2D eigenvalue weighted by Gasteiger charge is -2.09. The zero-order chi connectivity index (χ0) is 12.4. The van der Waals surface area contributed by atoms with Gasteiger partial charge < -0.3 is 5.32 Å². The number of hydrogen-bond acceptors (Lipinski definition) is 4. The van der Waals surface area contributed by atoms with Crippen molar-refractivity contribution in [1.82, 2.24) is 0 Å². The van der Waals surface area contributed by atoms with Gasteiger partial charge in [0.2, 0.25) is 0 Å². The summed E-state index contributed by atoms with van der Waals surface area (Å²) in [4.78, 5) is 11.3. The van der Waals surface area contributed by atoms with Crippen molar-refractivity contribution in [1.29, 1.82) is 5.26 Å². The van der Waals surface area contributed by atoms with E-state index in [9.17, 15) is 9.18 Å². The van der Waals surface area contributed by atoms with E-state index in [2.05, 4.69) is 5.32 Å². The number of hydrogen-bond donors (Lipinski definition) is 1. The van der Waals surface area contributed by atoms with Gasteiger partial charge in [-0.05, 0) is 12.1 Å². The smallest absolute Gasteiger partial charge is 0.186 e. The fraction of sp³-hybridized carbons (Fsp3) is 0.0909. The first-order chi connectivity index (χ1) is 8.13. The number of Topliss-reactive ketones (excluding diaryl/α,β-unsaturated/α-hetero) is 1. The van der Waals surface area contributed by atoms with Crippen molar-refractivity contribution in [3.63, 3.8) is 0 Å². The summed E-state index contributed by atoms with van der Waals surface area (Å²) >= 11 is 7.00. The first-order valence-corrected chi connectivity index (χ1v) is 6.01. The summed E-state index contributed by atoms with van der Waals surface area (Å²) in [6.45, 7) is 0. The van der Waals surface area contributed by atoms with Crippen LogP contribution in [0, 0.1) is 17.1 Å². The molecule has 1 heterocycles. The molecule has 1 aromatic rings. The zero-order valence-electron chi connectivity index (χ0n) is 8.46. The summed E-state index contributed by atoms with van der Waals surface area (Å²) in [7, 11) is 0. The highest BCUT2D eigenvalue weighted by Crippen LogP contribution is 2.33. The van der Waals surface area contributed by atoms with Crippen LogP contribution in [-0.2, 0) is 4.79 Å². The molecule has 1 aliphatic rings. The molecule has 0 bridgehead atoms. The summed E-state index contributed by atoms with van der Waals surface area (Å²) < 4.78 is 13.5. The first-order valence-electron chi connectivity index (χ1n) is 4.65. The summed E-state index contributed by atoms with van der Waals surface area (Å²) in [5.74, 6) is -0.591. The maximum absolute atomic E-state index is 13.5. The van der Waals surface area contributed by atoms with Crippen molar-refractivity contribution in [3.05, 3.63) is 39.6 Å². The Morgan fingerprint density at radius 1 is 1.53 bits per heavy atom. The van der Waals surface area contributed by atoms with Crippen LogP contribution in [0.2, 0.25) is 5.02 Å². The van der Waals surface area contributed by atoms with Crippen LogP contribution in [0.5, 0.6) is 0 Å². The Kier molecular flexibility index (Phi) is 3.36. The Balaban J connectivity index is 2.37. The van der Waals surface area contributed by atoms with Gasteiger partial charge in [-0.25, -0.2) is 4.39 Å². The van der Waals surface area contributed by atoms with Gasteiger partial charge in [-0.2, -0.15) is 5.26 Å². The third-order valence-corrected chi connectivity index (χ3v) is 3.48. The van der Waals surface area contributed by atoms with Crippen molar-refractivity contribution in [3.8, 4) is 6.07 Å². The van der Waals surface area contributed by atoms with Crippen molar-refractivity contribution in [2.45, 2.75) is 0 Å². The van der Waals surface area contributed by atoms with E-state index in [0.29, 0.717) is 5.03 Å². The zero-order valence-corrected chi connectivity index (χ0v) is 10.0. The molecular formula is C11H6ClFN2OS. The molecule has 0 saturated carbocycles. The SMILES string of the molecule is N#CC1=C(Nc2c(F)cccc2Cl)SCC1=O. The molecule has 0 unspecified atom stereocenters. The molecule has 86 valence electrons. The Morgan fingerprint density at radius 3 is 2.94 bits per heavy atom. The van der Waals surface area contributed by atoms with Gasteiger partial charge in [-0.1, -0.05) is 29.4 Å². The lowest BCUT2D eigenvalue weighted by molar-refractivity contribution is -0.112. The third-order valence-electron chi connectivity index (χ3n) is 2.17. The van der Waals surface area contributed by atoms with Gasteiger partial charge in [0, 0.05) is 0 Å². The molecule has 6 heteroatoms. The molecule has 0 radical (unpaired) electrons. The van der Waals surface area contributed by atoms with Crippen LogP contribution in [-0.4, -0.2) is 11.5 Å². The van der Waals surface area contributed by atoms with Crippen molar-refractivity contribution in [2.24, 2.45) is 0 Å². The van der Waals surface area contributed by atoms with Gasteiger partial charge in [-0.3, -0.25) is 4.79 Å². The van der Waals surface area contributed by atoms with Gasteiger partial charge in [-0.15, -0.1) is 0 Å². The number of thioether (sulfide) groups is 1. The number of carbonyl (C=O) groups excluding carboxylic acids is 1. The van der Waals surface area contributed by atoms with E-state index >= 15 is 0 Å². The van der Waals surface area contributed by atoms with Gasteiger partial charge >= 0.3 is 0 Å². The Bertz CT molecular complexity index is 545. The van der Waals surface area contributed by atoms with Crippen molar-refractivity contribution >= 4 is 34.8 Å². The highest BCUT2D eigenvalue weighted by molar-refractivity contribution is 8.04. The van der Waals surface area contributed by atoms with Crippen LogP contribution < -0.4 is 5.32 Å². The minimum atomic E-state index is -0.526. The third kappa shape index (κ3) is 2.28. The maximum Gasteiger partial charge on any atom is 0.186 e. The highest BCUT2D eigenvalue weighted by atomic mass is 35.5. The fourth-order valence-corrected chi connectivity index (χ4v) is 2.46. The summed E-state index contributed by atoms with van der Waals surface area (Å²) in [5, 5.41) is 12.1. The van der Waals surface area contributed by atoms with Crippen LogP contribution in [0.1, 0.15) is 0 Å². The van der Waals surface area contributed by atoms with Gasteiger partial charge in [0.25, 0.3) is 0 Å². The van der Waals surface area contributed by atoms with Crippen LogP contribution in [0.4, 0.5) is 10.1 Å². The van der Waals surface area contributed by atoms with Crippen LogP contribution in [0.3, 0.4) is 0 Å². The average Bonchev–Trinajstić information content (AvgIpc) is 2.64. The molecule has 0 saturated heterocycles. The molecule has 17 heavy (non-hydrogen) atoms. The topological polar surface area (TPSA) is 52.9 Å². The number of halogens is 2. The molecule has 3 nitrogen and oxygen atoms in total. The monoisotopic (exact) mass is 268 g/mol.